The molecule has 0 saturated carbocycles. The summed E-state index contributed by atoms with van der Waals surface area (Å²) in [6.45, 7) is 0.191. The molecule has 7 heteroatoms. The molecule has 0 spiro atoms. The smallest absolute Gasteiger partial charge is 0.332 e. The van der Waals surface area contributed by atoms with Gasteiger partial charge >= 0.3 is 17.8 Å². The lowest BCUT2D eigenvalue weighted by molar-refractivity contribution is -0.144. The highest BCUT2D eigenvalue weighted by Gasteiger charge is 2.43. The Morgan fingerprint density at radius 1 is 0.815 bits per heavy atom. The highest BCUT2D eigenvalue weighted by molar-refractivity contribution is 6.44. The molecule has 5 amide bonds. The third-order valence-electron chi connectivity index (χ3n) is 4.33. The second-order valence-electron chi connectivity index (χ2n) is 6.26. The minimum Gasteiger partial charge on any atom is -0.332 e. The van der Waals surface area contributed by atoms with Gasteiger partial charge in [0.1, 0.15) is 6.54 Å². The minimum atomic E-state index is -0.977. The van der Waals surface area contributed by atoms with E-state index in [1.165, 1.54) is 7.05 Å². The van der Waals surface area contributed by atoms with E-state index < -0.39 is 30.3 Å². The van der Waals surface area contributed by atoms with Crippen LogP contribution in [0.1, 0.15) is 11.1 Å². The molecule has 7 nitrogen and oxygen atoms in total. The monoisotopic (exact) mass is 365 g/mol. The van der Waals surface area contributed by atoms with Crippen LogP contribution < -0.4 is 0 Å². The van der Waals surface area contributed by atoms with Gasteiger partial charge in [0.25, 0.3) is 0 Å². The Bertz CT molecular complexity index is 826. The summed E-state index contributed by atoms with van der Waals surface area (Å²) in [4.78, 5) is 51.5. The average Bonchev–Trinajstić information content (AvgIpc) is 2.87. The van der Waals surface area contributed by atoms with Crippen LogP contribution in [-0.2, 0) is 27.5 Å². The third-order valence-corrected chi connectivity index (χ3v) is 4.33. The molecule has 1 saturated heterocycles. The van der Waals surface area contributed by atoms with Crippen molar-refractivity contribution in [3.8, 4) is 0 Å². The molecule has 0 radical (unpaired) electrons. The summed E-state index contributed by atoms with van der Waals surface area (Å²) in [6, 6.07) is 18.1. The van der Waals surface area contributed by atoms with Gasteiger partial charge in [0.15, 0.2) is 0 Å². The summed E-state index contributed by atoms with van der Waals surface area (Å²) in [5.74, 6) is -2.31. The molecule has 3 rings (SSSR count). The number of carbonyl (C=O) groups is 4. The van der Waals surface area contributed by atoms with Crippen molar-refractivity contribution in [3.05, 3.63) is 71.8 Å². The minimum absolute atomic E-state index is 0.328. The van der Waals surface area contributed by atoms with Crippen LogP contribution in [0.2, 0.25) is 0 Å². The molecule has 138 valence electrons. The summed E-state index contributed by atoms with van der Waals surface area (Å²) < 4.78 is 0. The van der Waals surface area contributed by atoms with Crippen molar-refractivity contribution in [3.63, 3.8) is 0 Å². The molecule has 1 aliphatic rings. The number of imide groups is 2. The molecule has 1 aliphatic heterocycles. The van der Waals surface area contributed by atoms with Gasteiger partial charge in [0.05, 0.1) is 0 Å². The molecule has 27 heavy (non-hydrogen) atoms. The fourth-order valence-electron chi connectivity index (χ4n) is 2.83. The van der Waals surface area contributed by atoms with Crippen molar-refractivity contribution in [2.45, 2.75) is 13.1 Å². The predicted octanol–water partition coefficient (Wildman–Crippen LogP) is 1.64. The Morgan fingerprint density at radius 2 is 1.30 bits per heavy atom. The van der Waals surface area contributed by atoms with Gasteiger partial charge in [-0.05, 0) is 11.1 Å². The highest BCUT2D eigenvalue weighted by Crippen LogP contribution is 2.14. The van der Waals surface area contributed by atoms with Gasteiger partial charge in [-0.2, -0.15) is 0 Å². The Morgan fingerprint density at radius 3 is 1.70 bits per heavy atom. The van der Waals surface area contributed by atoms with Crippen LogP contribution in [0.4, 0.5) is 4.79 Å². The number of hydrogen-bond donors (Lipinski definition) is 0. The maximum absolute atomic E-state index is 12.9. The topological polar surface area (TPSA) is 78.0 Å². The largest absolute Gasteiger partial charge is 0.334 e. The number of urea groups is 1. The Hall–Kier alpha value is -3.48. The molecule has 2 aromatic rings. The summed E-state index contributed by atoms with van der Waals surface area (Å²) in [5, 5.41) is 0. The summed E-state index contributed by atoms with van der Waals surface area (Å²) in [6.07, 6.45) is 0. The maximum atomic E-state index is 12.9. The molecular weight excluding hydrogens is 346 g/mol. The molecule has 0 bridgehead atoms. The molecule has 1 heterocycles. The van der Waals surface area contributed by atoms with Crippen LogP contribution in [0.5, 0.6) is 0 Å². The van der Waals surface area contributed by atoms with Gasteiger partial charge in [0.2, 0.25) is 5.91 Å². The van der Waals surface area contributed by atoms with Crippen LogP contribution in [0, 0.1) is 0 Å². The zero-order valence-electron chi connectivity index (χ0n) is 14.9. The number of hydrogen-bond acceptors (Lipinski definition) is 4. The molecule has 0 atom stereocenters. The van der Waals surface area contributed by atoms with Crippen molar-refractivity contribution in [2.75, 3.05) is 13.6 Å². The number of likely N-dealkylation sites (N-methyl/N-ethyl adjacent to an activating group) is 1. The molecule has 0 aromatic heterocycles. The predicted molar refractivity (Wildman–Crippen MR) is 97.0 cm³/mol. The van der Waals surface area contributed by atoms with E-state index in [1.807, 2.05) is 60.7 Å². The number of carbonyl (C=O) groups excluding carboxylic acids is 4. The van der Waals surface area contributed by atoms with Crippen LogP contribution in [0.3, 0.4) is 0 Å². The standard InChI is InChI=1S/C20H19N3O4/c1-21-18(25)19(26)23(20(21)27)14-17(24)22(12-15-8-4-2-5-9-15)13-16-10-6-3-7-11-16/h2-11H,12-14H2,1H3. The average molecular weight is 365 g/mol. The number of rotatable bonds is 6. The van der Waals surface area contributed by atoms with Gasteiger partial charge in [-0.3, -0.25) is 19.3 Å². The number of benzene rings is 2. The van der Waals surface area contributed by atoms with Crippen LogP contribution >= 0.6 is 0 Å². The SMILES string of the molecule is CN1C(=O)C(=O)N(CC(=O)N(Cc2ccccc2)Cc2ccccc2)C1=O. The first-order valence-corrected chi connectivity index (χ1v) is 8.46. The van der Waals surface area contributed by atoms with E-state index in [0.717, 1.165) is 11.1 Å². The fourth-order valence-corrected chi connectivity index (χ4v) is 2.83. The second-order valence-corrected chi connectivity index (χ2v) is 6.26. The van der Waals surface area contributed by atoms with Gasteiger partial charge in [0, 0.05) is 20.1 Å². The van der Waals surface area contributed by atoms with Crippen molar-refractivity contribution in [2.24, 2.45) is 0 Å². The van der Waals surface area contributed by atoms with Crippen molar-refractivity contribution in [1.29, 1.82) is 0 Å². The van der Waals surface area contributed by atoms with E-state index in [2.05, 4.69) is 0 Å². The Labute approximate surface area is 156 Å². The first kappa shape index (κ1) is 18.3. The lowest BCUT2D eigenvalue weighted by Gasteiger charge is -2.25. The van der Waals surface area contributed by atoms with E-state index in [4.69, 9.17) is 0 Å². The van der Waals surface area contributed by atoms with Crippen molar-refractivity contribution >= 4 is 23.8 Å². The number of nitrogens with zero attached hydrogens (tertiary/aromatic N) is 3. The molecule has 0 unspecified atom stereocenters. The maximum Gasteiger partial charge on any atom is 0.334 e. The van der Waals surface area contributed by atoms with Gasteiger partial charge < -0.3 is 4.90 Å². The fraction of sp³-hybridized carbons (Fsp3) is 0.200. The normalized spacial score (nSPS) is 14.0. The third kappa shape index (κ3) is 4.03. The van der Waals surface area contributed by atoms with E-state index in [0.29, 0.717) is 22.9 Å². The van der Waals surface area contributed by atoms with Gasteiger partial charge in [-0.1, -0.05) is 60.7 Å². The van der Waals surface area contributed by atoms with Gasteiger partial charge in [-0.15, -0.1) is 0 Å². The van der Waals surface area contributed by atoms with Crippen LogP contribution in [0.25, 0.3) is 0 Å². The first-order valence-electron chi connectivity index (χ1n) is 8.46. The molecule has 1 fully saturated rings. The van der Waals surface area contributed by atoms with E-state index >= 15 is 0 Å². The van der Waals surface area contributed by atoms with E-state index in [1.54, 1.807) is 4.90 Å². The van der Waals surface area contributed by atoms with Crippen LogP contribution in [0.15, 0.2) is 60.7 Å². The van der Waals surface area contributed by atoms with Crippen molar-refractivity contribution in [1.82, 2.24) is 14.7 Å². The second kappa shape index (κ2) is 7.82. The zero-order chi connectivity index (χ0) is 19.4. The summed E-state index contributed by atoms with van der Waals surface area (Å²) in [7, 11) is 1.22. The Kier molecular flexibility index (Phi) is 5.30. The lowest BCUT2D eigenvalue weighted by Crippen LogP contribution is -2.42. The first-order chi connectivity index (χ1) is 13.0. The molecule has 0 N–H and O–H groups in total. The van der Waals surface area contributed by atoms with E-state index in [-0.39, 0.29) is 0 Å². The molecular formula is C20H19N3O4. The summed E-state index contributed by atoms with van der Waals surface area (Å²) in [5.41, 5.74) is 1.85. The molecule has 0 aliphatic carbocycles. The summed E-state index contributed by atoms with van der Waals surface area (Å²) >= 11 is 0. The Balaban J connectivity index is 1.79. The van der Waals surface area contributed by atoms with Crippen LogP contribution in [-0.4, -0.2) is 52.0 Å². The number of amides is 5. The lowest BCUT2D eigenvalue weighted by atomic mass is 10.1. The quantitative estimate of drug-likeness (QED) is 0.576. The zero-order valence-corrected chi connectivity index (χ0v) is 14.9. The highest BCUT2D eigenvalue weighted by atomic mass is 16.2. The van der Waals surface area contributed by atoms with Crippen molar-refractivity contribution < 1.29 is 19.2 Å². The van der Waals surface area contributed by atoms with E-state index in [9.17, 15) is 19.2 Å². The molecule has 2 aromatic carbocycles. The van der Waals surface area contributed by atoms with Gasteiger partial charge in [-0.25, -0.2) is 9.69 Å².